The number of rotatable bonds is 3. The zero-order valence-electron chi connectivity index (χ0n) is 11.7. The van der Waals surface area contributed by atoms with E-state index in [4.69, 9.17) is 10.8 Å². The summed E-state index contributed by atoms with van der Waals surface area (Å²) in [5, 5.41) is 11.7. The van der Waals surface area contributed by atoms with Crippen LogP contribution in [0.5, 0.6) is 0 Å². The largest absolute Gasteiger partial charge is 0.480 e. The minimum atomic E-state index is -1.05. The third kappa shape index (κ3) is 3.71. The Hall–Kier alpha value is -2.04. The SMILES string of the molecule is Cc1cc(C(=O)N[C@H](C(=O)O)C(C)(C)C)ccc1N. The average Bonchev–Trinajstić information content (AvgIpc) is 2.27. The Morgan fingerprint density at radius 3 is 2.32 bits per heavy atom. The highest BCUT2D eigenvalue weighted by Crippen LogP contribution is 2.20. The second kappa shape index (κ2) is 5.30. The van der Waals surface area contributed by atoms with Crippen LogP contribution in [-0.4, -0.2) is 23.0 Å². The topological polar surface area (TPSA) is 92.4 Å². The number of anilines is 1. The number of hydrogen-bond acceptors (Lipinski definition) is 3. The summed E-state index contributed by atoms with van der Waals surface area (Å²) in [5.74, 6) is -1.46. The second-order valence-corrected chi connectivity index (χ2v) is 5.68. The van der Waals surface area contributed by atoms with Gasteiger partial charge >= 0.3 is 5.97 Å². The van der Waals surface area contributed by atoms with Crippen LogP contribution >= 0.6 is 0 Å². The summed E-state index contributed by atoms with van der Waals surface area (Å²) < 4.78 is 0. The lowest BCUT2D eigenvalue weighted by atomic mass is 9.86. The molecular formula is C14H20N2O3. The van der Waals surface area contributed by atoms with Crippen molar-refractivity contribution in [2.24, 2.45) is 5.41 Å². The van der Waals surface area contributed by atoms with Gasteiger partial charge in [-0.15, -0.1) is 0 Å². The van der Waals surface area contributed by atoms with Crippen LogP contribution in [0.2, 0.25) is 0 Å². The van der Waals surface area contributed by atoms with Crippen molar-refractivity contribution < 1.29 is 14.7 Å². The number of aryl methyl sites for hydroxylation is 1. The van der Waals surface area contributed by atoms with Crippen LogP contribution in [0.15, 0.2) is 18.2 Å². The van der Waals surface area contributed by atoms with Crippen molar-refractivity contribution in [3.63, 3.8) is 0 Å². The summed E-state index contributed by atoms with van der Waals surface area (Å²) in [6.07, 6.45) is 0. The van der Waals surface area contributed by atoms with Gasteiger partial charge in [0.1, 0.15) is 6.04 Å². The van der Waals surface area contributed by atoms with Crippen molar-refractivity contribution in [2.75, 3.05) is 5.73 Å². The molecule has 1 atom stereocenters. The number of nitrogens with two attached hydrogens (primary N) is 1. The van der Waals surface area contributed by atoms with Crippen LogP contribution in [0.25, 0.3) is 0 Å². The standard InChI is InChI=1S/C14H20N2O3/c1-8-7-9(5-6-10(8)15)12(17)16-11(13(18)19)14(2,3)4/h5-7,11H,15H2,1-4H3,(H,16,17)(H,18,19)/t11-/m1/s1. The second-order valence-electron chi connectivity index (χ2n) is 5.68. The van der Waals surface area contributed by atoms with Crippen LogP contribution in [0, 0.1) is 12.3 Å². The number of nitrogens with one attached hydrogen (secondary N) is 1. The molecular weight excluding hydrogens is 244 g/mol. The van der Waals surface area contributed by atoms with E-state index in [0.717, 1.165) is 5.56 Å². The maximum atomic E-state index is 12.1. The first-order chi connectivity index (χ1) is 8.62. The summed E-state index contributed by atoms with van der Waals surface area (Å²) >= 11 is 0. The molecule has 0 aliphatic heterocycles. The van der Waals surface area contributed by atoms with Gasteiger partial charge in [0.2, 0.25) is 0 Å². The van der Waals surface area contributed by atoms with E-state index in [1.54, 1.807) is 45.9 Å². The zero-order valence-corrected chi connectivity index (χ0v) is 11.7. The number of carboxylic acids is 1. The van der Waals surface area contributed by atoms with Crippen molar-refractivity contribution in [3.8, 4) is 0 Å². The van der Waals surface area contributed by atoms with Gasteiger partial charge in [0, 0.05) is 11.3 Å². The number of carbonyl (C=O) groups is 2. The first-order valence-electron chi connectivity index (χ1n) is 6.02. The predicted octanol–water partition coefficient (Wildman–Crippen LogP) is 1.81. The maximum Gasteiger partial charge on any atom is 0.326 e. The number of carboxylic acid groups (broad SMARTS) is 1. The Kier molecular flexibility index (Phi) is 4.19. The molecule has 0 bridgehead atoms. The van der Waals surface area contributed by atoms with Crippen LogP contribution in [0.1, 0.15) is 36.7 Å². The highest BCUT2D eigenvalue weighted by Gasteiger charge is 2.32. The summed E-state index contributed by atoms with van der Waals surface area (Å²) in [6.45, 7) is 7.09. The van der Waals surface area contributed by atoms with Crippen LogP contribution < -0.4 is 11.1 Å². The highest BCUT2D eigenvalue weighted by molar-refractivity contribution is 5.97. The molecule has 0 unspecified atom stereocenters. The maximum absolute atomic E-state index is 12.1. The fourth-order valence-electron chi connectivity index (χ4n) is 1.68. The molecule has 0 fully saturated rings. The minimum Gasteiger partial charge on any atom is -0.480 e. The number of aliphatic carboxylic acids is 1. The lowest BCUT2D eigenvalue weighted by molar-refractivity contribution is -0.142. The van der Waals surface area contributed by atoms with Gasteiger partial charge in [-0.2, -0.15) is 0 Å². The Balaban J connectivity index is 2.94. The Bertz CT molecular complexity index is 504. The number of carbonyl (C=O) groups excluding carboxylic acids is 1. The normalized spacial score (nSPS) is 12.8. The Morgan fingerprint density at radius 1 is 1.32 bits per heavy atom. The molecule has 0 radical (unpaired) electrons. The van der Waals surface area contributed by atoms with Crippen LogP contribution in [-0.2, 0) is 4.79 Å². The van der Waals surface area contributed by atoms with E-state index < -0.39 is 23.3 Å². The van der Waals surface area contributed by atoms with Crippen molar-refractivity contribution in [1.29, 1.82) is 0 Å². The fraction of sp³-hybridized carbons (Fsp3) is 0.429. The molecule has 0 heterocycles. The van der Waals surface area contributed by atoms with Gasteiger partial charge in [-0.25, -0.2) is 4.79 Å². The number of benzene rings is 1. The molecule has 1 amide bonds. The van der Waals surface area contributed by atoms with Crippen LogP contribution in [0.4, 0.5) is 5.69 Å². The molecule has 4 N–H and O–H groups in total. The van der Waals surface area contributed by atoms with Crippen molar-refractivity contribution in [2.45, 2.75) is 33.7 Å². The van der Waals surface area contributed by atoms with Gasteiger partial charge in [-0.1, -0.05) is 20.8 Å². The monoisotopic (exact) mass is 264 g/mol. The average molecular weight is 264 g/mol. The quantitative estimate of drug-likeness (QED) is 0.726. The lowest BCUT2D eigenvalue weighted by Crippen LogP contribution is -2.49. The summed E-state index contributed by atoms with van der Waals surface area (Å²) in [7, 11) is 0. The molecule has 0 spiro atoms. The zero-order chi connectivity index (χ0) is 14.8. The third-order valence-corrected chi connectivity index (χ3v) is 2.92. The Labute approximate surface area is 112 Å². The van der Waals surface area contributed by atoms with Gasteiger partial charge in [-0.05, 0) is 36.1 Å². The highest BCUT2D eigenvalue weighted by atomic mass is 16.4. The molecule has 19 heavy (non-hydrogen) atoms. The van der Waals surface area contributed by atoms with Gasteiger partial charge in [-0.3, -0.25) is 4.79 Å². The summed E-state index contributed by atoms with van der Waals surface area (Å²) in [6, 6.07) is 3.92. The third-order valence-electron chi connectivity index (χ3n) is 2.92. The van der Waals surface area contributed by atoms with Crippen molar-refractivity contribution in [1.82, 2.24) is 5.32 Å². The molecule has 0 aromatic heterocycles. The molecule has 5 nitrogen and oxygen atoms in total. The molecule has 0 saturated heterocycles. The van der Waals surface area contributed by atoms with E-state index in [1.807, 2.05) is 0 Å². The van der Waals surface area contributed by atoms with Gasteiger partial charge < -0.3 is 16.2 Å². The molecule has 1 aromatic rings. The fourth-order valence-corrected chi connectivity index (χ4v) is 1.68. The van der Waals surface area contributed by atoms with Crippen molar-refractivity contribution in [3.05, 3.63) is 29.3 Å². The lowest BCUT2D eigenvalue weighted by Gasteiger charge is -2.27. The van der Waals surface area contributed by atoms with Gasteiger partial charge in [0.25, 0.3) is 5.91 Å². The summed E-state index contributed by atoms with van der Waals surface area (Å²) in [4.78, 5) is 23.3. The molecule has 0 aliphatic rings. The van der Waals surface area contributed by atoms with E-state index in [1.165, 1.54) is 0 Å². The Morgan fingerprint density at radius 2 is 1.89 bits per heavy atom. The molecule has 0 aliphatic carbocycles. The molecule has 1 rings (SSSR count). The first-order valence-corrected chi connectivity index (χ1v) is 6.02. The van der Waals surface area contributed by atoms with Crippen LogP contribution in [0.3, 0.4) is 0 Å². The molecule has 1 aromatic carbocycles. The van der Waals surface area contributed by atoms with E-state index >= 15 is 0 Å². The van der Waals surface area contributed by atoms with Gasteiger partial charge in [0.15, 0.2) is 0 Å². The molecule has 5 heteroatoms. The van der Waals surface area contributed by atoms with Crippen molar-refractivity contribution >= 4 is 17.6 Å². The van der Waals surface area contributed by atoms with E-state index in [-0.39, 0.29) is 0 Å². The molecule has 104 valence electrons. The number of hydrogen-bond donors (Lipinski definition) is 3. The number of nitrogen functional groups attached to an aromatic ring is 1. The summed E-state index contributed by atoms with van der Waals surface area (Å²) in [5.41, 5.74) is 6.91. The van der Waals surface area contributed by atoms with E-state index in [0.29, 0.717) is 11.3 Å². The van der Waals surface area contributed by atoms with Gasteiger partial charge in [0.05, 0.1) is 0 Å². The first kappa shape index (κ1) is 15.0. The predicted molar refractivity (Wildman–Crippen MR) is 73.9 cm³/mol. The molecule has 0 saturated carbocycles. The van der Waals surface area contributed by atoms with E-state index in [2.05, 4.69) is 5.32 Å². The van der Waals surface area contributed by atoms with E-state index in [9.17, 15) is 9.59 Å². The number of amides is 1. The minimum absolute atomic E-state index is 0.405. The smallest absolute Gasteiger partial charge is 0.326 e.